The molecule has 0 aliphatic carbocycles. The molecule has 0 spiro atoms. The largest absolute Gasteiger partial charge is 0.360 e. The van der Waals surface area contributed by atoms with Crippen molar-refractivity contribution >= 4 is 17.6 Å². The van der Waals surface area contributed by atoms with E-state index in [2.05, 4.69) is 10.5 Å². The summed E-state index contributed by atoms with van der Waals surface area (Å²) >= 11 is 0. The number of hydrogen-bond donors (Lipinski definition) is 2. The van der Waals surface area contributed by atoms with Gasteiger partial charge in [0, 0.05) is 19.5 Å². The SMILES string of the molecule is Cc1cc(NC(=O)CN(C)C(=O)CCC(C)CN)no1. The molecule has 2 amide bonds. The lowest BCUT2D eigenvalue weighted by atomic mass is 10.1. The van der Waals surface area contributed by atoms with Gasteiger partial charge in [0.15, 0.2) is 5.82 Å². The van der Waals surface area contributed by atoms with Crippen LogP contribution < -0.4 is 11.1 Å². The minimum absolute atomic E-state index is 0.0122. The fourth-order valence-electron chi connectivity index (χ4n) is 1.59. The number of amides is 2. The topological polar surface area (TPSA) is 101 Å². The highest BCUT2D eigenvalue weighted by Crippen LogP contribution is 2.08. The fraction of sp³-hybridized carbons (Fsp3) is 0.615. The van der Waals surface area contributed by atoms with Gasteiger partial charge in [-0.05, 0) is 25.8 Å². The molecule has 1 unspecified atom stereocenters. The highest BCUT2D eigenvalue weighted by Gasteiger charge is 2.14. The Morgan fingerprint density at radius 2 is 2.25 bits per heavy atom. The van der Waals surface area contributed by atoms with E-state index in [1.807, 2.05) is 6.92 Å². The van der Waals surface area contributed by atoms with E-state index >= 15 is 0 Å². The van der Waals surface area contributed by atoms with Gasteiger partial charge in [0.25, 0.3) is 0 Å². The van der Waals surface area contributed by atoms with Crippen molar-refractivity contribution in [1.29, 1.82) is 0 Å². The molecule has 3 N–H and O–H groups in total. The Morgan fingerprint density at radius 1 is 1.55 bits per heavy atom. The van der Waals surface area contributed by atoms with Crippen molar-refractivity contribution in [3.05, 3.63) is 11.8 Å². The minimum Gasteiger partial charge on any atom is -0.360 e. The molecule has 20 heavy (non-hydrogen) atoms. The van der Waals surface area contributed by atoms with E-state index in [1.165, 1.54) is 4.90 Å². The molecule has 1 rings (SSSR count). The number of carbonyl (C=O) groups excluding carboxylic acids is 2. The van der Waals surface area contributed by atoms with Crippen LogP contribution in [0.2, 0.25) is 0 Å². The average Bonchev–Trinajstić information content (AvgIpc) is 2.80. The molecule has 1 atom stereocenters. The third kappa shape index (κ3) is 5.40. The van der Waals surface area contributed by atoms with Crippen LogP contribution in [0.4, 0.5) is 5.82 Å². The molecule has 0 saturated heterocycles. The van der Waals surface area contributed by atoms with Gasteiger partial charge in [0.1, 0.15) is 5.76 Å². The molecule has 0 aliphatic rings. The first-order chi connectivity index (χ1) is 9.42. The zero-order chi connectivity index (χ0) is 15.1. The van der Waals surface area contributed by atoms with E-state index in [-0.39, 0.29) is 18.4 Å². The fourth-order valence-corrected chi connectivity index (χ4v) is 1.59. The number of aromatic nitrogens is 1. The summed E-state index contributed by atoms with van der Waals surface area (Å²) in [6.45, 7) is 4.27. The van der Waals surface area contributed by atoms with Gasteiger partial charge >= 0.3 is 0 Å². The number of nitrogens with two attached hydrogens (primary N) is 1. The van der Waals surface area contributed by atoms with Crippen molar-refractivity contribution in [1.82, 2.24) is 10.1 Å². The standard InChI is InChI=1S/C13H22N4O3/c1-9(7-14)4-5-13(19)17(3)8-12(18)15-11-6-10(2)20-16-11/h6,9H,4-5,7-8,14H2,1-3H3,(H,15,16,18). The first-order valence-corrected chi connectivity index (χ1v) is 6.59. The van der Waals surface area contributed by atoms with Crippen molar-refractivity contribution < 1.29 is 14.1 Å². The Kier molecular flexibility index (Phi) is 6.17. The van der Waals surface area contributed by atoms with Gasteiger partial charge in [-0.25, -0.2) is 0 Å². The lowest BCUT2D eigenvalue weighted by Gasteiger charge is -2.17. The third-order valence-corrected chi connectivity index (χ3v) is 2.96. The summed E-state index contributed by atoms with van der Waals surface area (Å²) in [4.78, 5) is 24.9. The number of nitrogens with zero attached hydrogens (tertiary/aromatic N) is 2. The summed E-state index contributed by atoms with van der Waals surface area (Å²) in [7, 11) is 1.60. The summed E-state index contributed by atoms with van der Waals surface area (Å²) in [6, 6.07) is 1.61. The second-order valence-corrected chi connectivity index (χ2v) is 5.00. The third-order valence-electron chi connectivity index (χ3n) is 2.96. The molecule has 0 bridgehead atoms. The van der Waals surface area contributed by atoms with Crippen LogP contribution in [0.25, 0.3) is 0 Å². The minimum atomic E-state index is -0.305. The van der Waals surface area contributed by atoms with E-state index in [0.29, 0.717) is 30.5 Å². The van der Waals surface area contributed by atoms with E-state index < -0.39 is 0 Å². The van der Waals surface area contributed by atoms with Crippen LogP contribution in [-0.4, -0.2) is 42.0 Å². The molecular weight excluding hydrogens is 260 g/mol. The van der Waals surface area contributed by atoms with Crippen LogP contribution in [-0.2, 0) is 9.59 Å². The second kappa shape index (κ2) is 7.64. The number of hydrogen-bond acceptors (Lipinski definition) is 5. The van der Waals surface area contributed by atoms with Crippen molar-refractivity contribution in [3.63, 3.8) is 0 Å². The highest BCUT2D eigenvalue weighted by molar-refractivity contribution is 5.93. The second-order valence-electron chi connectivity index (χ2n) is 5.00. The monoisotopic (exact) mass is 282 g/mol. The smallest absolute Gasteiger partial charge is 0.245 e. The van der Waals surface area contributed by atoms with Crippen LogP contribution >= 0.6 is 0 Å². The Hall–Kier alpha value is -1.89. The first kappa shape index (κ1) is 16.2. The van der Waals surface area contributed by atoms with E-state index in [1.54, 1.807) is 20.0 Å². The molecule has 0 fully saturated rings. The molecule has 7 heteroatoms. The Labute approximate surface area is 118 Å². The van der Waals surface area contributed by atoms with Crippen LogP contribution in [0.5, 0.6) is 0 Å². The molecule has 0 aliphatic heterocycles. The van der Waals surface area contributed by atoms with Crippen molar-refractivity contribution in [2.75, 3.05) is 25.5 Å². The normalized spacial score (nSPS) is 12.0. The van der Waals surface area contributed by atoms with Crippen molar-refractivity contribution in [2.24, 2.45) is 11.7 Å². The molecule has 0 radical (unpaired) electrons. The molecule has 7 nitrogen and oxygen atoms in total. The van der Waals surface area contributed by atoms with Gasteiger partial charge in [0.05, 0.1) is 6.54 Å². The molecule has 1 aromatic rings. The quantitative estimate of drug-likeness (QED) is 0.768. The van der Waals surface area contributed by atoms with E-state index in [4.69, 9.17) is 10.3 Å². The van der Waals surface area contributed by atoms with Crippen LogP contribution in [0.1, 0.15) is 25.5 Å². The molecular formula is C13H22N4O3. The number of anilines is 1. The summed E-state index contributed by atoms with van der Waals surface area (Å²) in [5.41, 5.74) is 5.50. The summed E-state index contributed by atoms with van der Waals surface area (Å²) in [5, 5.41) is 6.22. The van der Waals surface area contributed by atoms with Crippen LogP contribution in [0.3, 0.4) is 0 Å². The van der Waals surface area contributed by atoms with Gasteiger partial charge < -0.3 is 20.5 Å². The van der Waals surface area contributed by atoms with Crippen LogP contribution in [0, 0.1) is 12.8 Å². The molecule has 112 valence electrons. The van der Waals surface area contributed by atoms with Crippen LogP contribution in [0.15, 0.2) is 10.6 Å². The van der Waals surface area contributed by atoms with E-state index in [0.717, 1.165) is 6.42 Å². The van der Waals surface area contributed by atoms with Gasteiger partial charge in [-0.1, -0.05) is 12.1 Å². The number of carbonyl (C=O) groups is 2. The van der Waals surface area contributed by atoms with E-state index in [9.17, 15) is 9.59 Å². The van der Waals surface area contributed by atoms with Gasteiger partial charge in [-0.15, -0.1) is 0 Å². The molecule has 0 aromatic carbocycles. The number of nitrogens with one attached hydrogen (secondary N) is 1. The summed E-state index contributed by atoms with van der Waals surface area (Å²) in [5.74, 6) is 0.891. The number of rotatable bonds is 7. The Balaban J connectivity index is 2.35. The summed E-state index contributed by atoms with van der Waals surface area (Å²) < 4.78 is 4.84. The predicted molar refractivity (Wildman–Crippen MR) is 75.0 cm³/mol. The Morgan fingerprint density at radius 3 is 2.80 bits per heavy atom. The first-order valence-electron chi connectivity index (χ1n) is 6.59. The van der Waals surface area contributed by atoms with Gasteiger partial charge in [0.2, 0.25) is 11.8 Å². The predicted octanol–water partition coefficient (Wildman–Crippen LogP) is 0.755. The maximum absolute atomic E-state index is 11.8. The number of aryl methyl sites for hydroxylation is 1. The van der Waals surface area contributed by atoms with Crippen molar-refractivity contribution in [3.8, 4) is 0 Å². The lowest BCUT2D eigenvalue weighted by molar-refractivity contribution is -0.133. The van der Waals surface area contributed by atoms with Gasteiger partial charge in [-0.3, -0.25) is 9.59 Å². The average molecular weight is 282 g/mol. The Bertz CT molecular complexity index is 458. The maximum Gasteiger partial charge on any atom is 0.245 e. The number of likely N-dealkylation sites (N-methyl/N-ethyl adjacent to an activating group) is 1. The lowest BCUT2D eigenvalue weighted by Crippen LogP contribution is -2.35. The summed E-state index contributed by atoms with van der Waals surface area (Å²) in [6.07, 6.45) is 1.12. The zero-order valence-corrected chi connectivity index (χ0v) is 12.2. The highest BCUT2D eigenvalue weighted by atomic mass is 16.5. The molecule has 1 aromatic heterocycles. The zero-order valence-electron chi connectivity index (χ0n) is 12.2. The maximum atomic E-state index is 11.8. The van der Waals surface area contributed by atoms with Crippen molar-refractivity contribution in [2.45, 2.75) is 26.7 Å². The molecule has 0 saturated carbocycles. The van der Waals surface area contributed by atoms with Gasteiger partial charge in [-0.2, -0.15) is 0 Å². The molecule has 1 heterocycles.